The van der Waals surface area contributed by atoms with Gasteiger partial charge in [-0.2, -0.15) is 18.3 Å². The number of alkyl halides is 3. The molecule has 0 bridgehead atoms. The maximum absolute atomic E-state index is 12.8. The van der Waals surface area contributed by atoms with Gasteiger partial charge in [-0.3, -0.25) is 9.78 Å². The Morgan fingerprint density at radius 1 is 1.20 bits per heavy atom. The molecule has 3 aromatic rings. The van der Waals surface area contributed by atoms with Crippen molar-refractivity contribution in [1.82, 2.24) is 19.7 Å². The van der Waals surface area contributed by atoms with Crippen molar-refractivity contribution in [3.63, 3.8) is 0 Å². The molecule has 0 saturated carbocycles. The monoisotopic (exact) mass is 485 g/mol. The molecule has 2 N–H and O–H groups in total. The lowest BCUT2D eigenvalue weighted by Crippen LogP contribution is -2.17. The highest BCUT2D eigenvalue weighted by Crippen LogP contribution is 2.33. The summed E-state index contributed by atoms with van der Waals surface area (Å²) in [6.07, 6.45) is 4.18. The lowest BCUT2D eigenvalue weighted by molar-refractivity contribution is -0.137. The summed E-state index contributed by atoms with van der Waals surface area (Å²) in [5, 5.41) is 16.2. The first-order valence-corrected chi connectivity index (χ1v) is 11.3. The highest BCUT2D eigenvalue weighted by molar-refractivity contribution is 6.04. The number of nitrogens with zero attached hydrogens (tertiary/aromatic N) is 4. The van der Waals surface area contributed by atoms with E-state index in [-0.39, 0.29) is 23.9 Å². The Morgan fingerprint density at radius 2 is 2.00 bits per heavy atom. The third kappa shape index (κ3) is 5.43. The lowest BCUT2D eigenvalue weighted by Gasteiger charge is -2.26. The molecule has 0 spiro atoms. The molecule has 10 heteroatoms. The van der Waals surface area contributed by atoms with E-state index in [4.69, 9.17) is 0 Å². The quantitative estimate of drug-likeness (QED) is 0.510. The van der Waals surface area contributed by atoms with Crippen LogP contribution >= 0.6 is 0 Å². The zero-order chi connectivity index (χ0) is 25.2. The SMILES string of the molecule is Cc1c(C(=O)Nc2ccc(C3=CCC(C(C)CO)CC3)nc2)cnn1-c1ccc(C(F)(F)F)cn1. The third-order valence-electron chi connectivity index (χ3n) is 6.44. The van der Waals surface area contributed by atoms with Gasteiger partial charge in [0.15, 0.2) is 5.82 Å². The highest BCUT2D eigenvalue weighted by Gasteiger charge is 2.31. The van der Waals surface area contributed by atoms with Crippen LogP contribution in [0.15, 0.2) is 48.9 Å². The topological polar surface area (TPSA) is 92.9 Å². The maximum atomic E-state index is 12.8. The minimum Gasteiger partial charge on any atom is -0.396 e. The Balaban J connectivity index is 1.43. The summed E-state index contributed by atoms with van der Waals surface area (Å²) >= 11 is 0. The van der Waals surface area contributed by atoms with Gasteiger partial charge < -0.3 is 10.4 Å². The van der Waals surface area contributed by atoms with Gasteiger partial charge in [-0.1, -0.05) is 13.0 Å². The molecule has 3 aromatic heterocycles. The molecular weight excluding hydrogens is 459 g/mol. The molecule has 4 rings (SSSR count). The Kier molecular flexibility index (Phi) is 7.02. The van der Waals surface area contributed by atoms with Gasteiger partial charge >= 0.3 is 6.18 Å². The summed E-state index contributed by atoms with van der Waals surface area (Å²) in [7, 11) is 0. The van der Waals surface area contributed by atoms with E-state index >= 15 is 0 Å². The number of halogens is 3. The number of hydrogen-bond donors (Lipinski definition) is 2. The number of carbonyl (C=O) groups excluding carboxylic acids is 1. The highest BCUT2D eigenvalue weighted by atomic mass is 19.4. The molecular formula is C25H26F3N5O2. The first-order valence-electron chi connectivity index (χ1n) is 11.3. The number of nitrogens with one attached hydrogen (secondary N) is 1. The molecule has 35 heavy (non-hydrogen) atoms. The number of amides is 1. The number of hydrogen-bond acceptors (Lipinski definition) is 5. The van der Waals surface area contributed by atoms with E-state index in [1.54, 1.807) is 19.2 Å². The summed E-state index contributed by atoms with van der Waals surface area (Å²) in [6, 6.07) is 5.77. The number of pyridine rings is 2. The number of anilines is 1. The van der Waals surface area contributed by atoms with Crippen molar-refractivity contribution in [2.75, 3.05) is 11.9 Å². The number of carbonyl (C=O) groups is 1. The van der Waals surface area contributed by atoms with Gasteiger partial charge in [0.25, 0.3) is 5.91 Å². The molecule has 0 saturated heterocycles. The molecule has 2 atom stereocenters. The normalized spacial score (nSPS) is 17.1. The zero-order valence-corrected chi connectivity index (χ0v) is 19.4. The fourth-order valence-corrected chi connectivity index (χ4v) is 4.15. The average Bonchev–Trinajstić information content (AvgIpc) is 3.25. The number of rotatable bonds is 6. The smallest absolute Gasteiger partial charge is 0.396 e. The standard InChI is InChI=1S/C25H26F3N5O2/c1-15(14-34)17-3-5-18(6-4-17)22-9-8-20(12-29-22)32-24(35)21-13-31-33(16(21)2)23-10-7-19(11-30-23)25(26,27)28/h5,7-13,15,17,34H,3-4,6,14H2,1-2H3,(H,32,35). The van der Waals surface area contributed by atoms with Crippen LogP contribution in [0.4, 0.5) is 18.9 Å². The van der Waals surface area contributed by atoms with Gasteiger partial charge in [-0.15, -0.1) is 0 Å². The van der Waals surface area contributed by atoms with Crippen LogP contribution in [0, 0.1) is 18.8 Å². The molecule has 0 aromatic carbocycles. The van der Waals surface area contributed by atoms with Gasteiger partial charge in [-0.05, 0) is 67.9 Å². The lowest BCUT2D eigenvalue weighted by atomic mass is 9.81. The Hall–Kier alpha value is -3.53. The summed E-state index contributed by atoms with van der Waals surface area (Å²) in [6.45, 7) is 3.90. The van der Waals surface area contributed by atoms with Gasteiger partial charge in [0.05, 0.1) is 40.6 Å². The van der Waals surface area contributed by atoms with E-state index in [9.17, 15) is 23.1 Å². The van der Waals surface area contributed by atoms with Crippen molar-refractivity contribution < 1.29 is 23.1 Å². The molecule has 1 aliphatic rings. The fourth-order valence-electron chi connectivity index (χ4n) is 4.15. The first-order chi connectivity index (χ1) is 16.7. The second-order valence-electron chi connectivity index (χ2n) is 8.77. The molecule has 2 unspecified atom stereocenters. The summed E-state index contributed by atoms with van der Waals surface area (Å²) < 4.78 is 39.6. The van der Waals surface area contributed by atoms with E-state index in [2.05, 4.69) is 33.4 Å². The molecule has 184 valence electrons. The van der Waals surface area contributed by atoms with E-state index in [0.717, 1.165) is 42.8 Å². The molecule has 0 radical (unpaired) electrons. The van der Waals surface area contributed by atoms with Crippen LogP contribution in [0.1, 0.15) is 53.5 Å². The van der Waals surface area contributed by atoms with Crippen molar-refractivity contribution in [1.29, 1.82) is 0 Å². The van der Waals surface area contributed by atoms with Gasteiger partial charge in [0, 0.05) is 12.8 Å². The largest absolute Gasteiger partial charge is 0.417 e. The van der Waals surface area contributed by atoms with Crippen LogP contribution in [0.25, 0.3) is 11.4 Å². The second kappa shape index (κ2) is 9.99. The van der Waals surface area contributed by atoms with Gasteiger partial charge in [0.1, 0.15) is 0 Å². The molecule has 0 aliphatic heterocycles. The van der Waals surface area contributed by atoms with E-state index in [1.165, 1.54) is 16.9 Å². The van der Waals surface area contributed by atoms with Crippen LogP contribution < -0.4 is 5.32 Å². The predicted octanol–water partition coefficient (Wildman–Crippen LogP) is 5.05. The third-order valence-corrected chi connectivity index (χ3v) is 6.44. The summed E-state index contributed by atoms with van der Waals surface area (Å²) in [4.78, 5) is 21.1. The van der Waals surface area contributed by atoms with E-state index in [0.29, 0.717) is 17.3 Å². The minimum absolute atomic E-state index is 0.178. The van der Waals surface area contributed by atoms with Crippen molar-refractivity contribution in [3.05, 3.63) is 71.4 Å². The predicted molar refractivity (Wildman–Crippen MR) is 125 cm³/mol. The van der Waals surface area contributed by atoms with Crippen LogP contribution in [-0.2, 0) is 6.18 Å². The summed E-state index contributed by atoms with van der Waals surface area (Å²) in [5.74, 6) is 0.523. The Morgan fingerprint density at radius 3 is 2.57 bits per heavy atom. The minimum atomic E-state index is -4.48. The van der Waals surface area contributed by atoms with Gasteiger partial charge in [0.2, 0.25) is 0 Å². The number of allylic oxidation sites excluding steroid dienone is 2. The first kappa shape index (κ1) is 24.6. The maximum Gasteiger partial charge on any atom is 0.417 e. The van der Waals surface area contributed by atoms with E-state index < -0.39 is 17.6 Å². The zero-order valence-electron chi connectivity index (χ0n) is 19.4. The molecule has 1 amide bonds. The van der Waals surface area contributed by atoms with Crippen LogP contribution in [0.3, 0.4) is 0 Å². The average molecular weight is 486 g/mol. The van der Waals surface area contributed by atoms with Crippen LogP contribution in [0.2, 0.25) is 0 Å². The number of aliphatic hydroxyl groups excluding tert-OH is 1. The summed E-state index contributed by atoms with van der Waals surface area (Å²) in [5.41, 5.74) is 2.39. The van der Waals surface area contributed by atoms with Crippen molar-refractivity contribution in [3.8, 4) is 5.82 Å². The second-order valence-corrected chi connectivity index (χ2v) is 8.77. The molecule has 3 heterocycles. The molecule has 7 nitrogen and oxygen atoms in total. The van der Waals surface area contributed by atoms with Crippen molar-refractivity contribution in [2.45, 2.75) is 39.3 Å². The van der Waals surface area contributed by atoms with E-state index in [1.807, 2.05) is 6.07 Å². The molecule has 1 aliphatic carbocycles. The molecule has 0 fully saturated rings. The van der Waals surface area contributed by atoms with Crippen LogP contribution in [0.5, 0.6) is 0 Å². The van der Waals surface area contributed by atoms with Crippen LogP contribution in [-0.4, -0.2) is 37.4 Å². The fraction of sp³-hybridized carbons (Fsp3) is 0.360. The van der Waals surface area contributed by atoms with Crippen molar-refractivity contribution in [2.24, 2.45) is 11.8 Å². The van der Waals surface area contributed by atoms with Crippen molar-refractivity contribution >= 4 is 17.2 Å². The Labute approximate surface area is 200 Å². The Bertz CT molecular complexity index is 1220. The number of aliphatic hydroxyl groups is 1. The van der Waals surface area contributed by atoms with Gasteiger partial charge in [-0.25, -0.2) is 9.67 Å². The number of aromatic nitrogens is 4.